The summed E-state index contributed by atoms with van der Waals surface area (Å²) in [7, 11) is -2.33. The first-order valence-corrected chi connectivity index (χ1v) is 10.8. The molecule has 2 heterocycles. The number of carbonyl (C=O) groups is 1. The summed E-state index contributed by atoms with van der Waals surface area (Å²) in [6, 6.07) is 12.3. The van der Waals surface area contributed by atoms with Crippen LogP contribution in [0.15, 0.2) is 53.4 Å². The smallest absolute Gasteiger partial charge is 0.307 e. The summed E-state index contributed by atoms with van der Waals surface area (Å²) >= 11 is 0. The molecule has 0 aliphatic carbocycles. The van der Waals surface area contributed by atoms with Crippen molar-refractivity contribution in [3.8, 4) is 0 Å². The van der Waals surface area contributed by atoms with Crippen molar-refractivity contribution in [3.63, 3.8) is 0 Å². The van der Waals surface area contributed by atoms with Crippen LogP contribution in [-0.2, 0) is 34.2 Å². The fraction of sp³-hybridized carbons (Fsp3) is 0.286. The second-order valence-corrected chi connectivity index (χ2v) is 9.29. The van der Waals surface area contributed by atoms with Crippen LogP contribution in [0.4, 0.5) is 4.39 Å². The molecule has 0 radical (unpaired) electrons. The average Bonchev–Trinajstić information content (AvgIpc) is 3.00. The highest BCUT2D eigenvalue weighted by Gasteiger charge is 2.33. The van der Waals surface area contributed by atoms with Gasteiger partial charge >= 0.3 is 5.97 Å². The van der Waals surface area contributed by atoms with E-state index in [0.717, 1.165) is 28.2 Å². The quantitative estimate of drug-likeness (QED) is 0.693. The van der Waals surface area contributed by atoms with Crippen molar-refractivity contribution in [2.45, 2.75) is 36.7 Å². The van der Waals surface area contributed by atoms with Gasteiger partial charge in [-0.1, -0.05) is 24.3 Å². The van der Waals surface area contributed by atoms with Crippen molar-refractivity contribution >= 4 is 26.9 Å². The second kappa shape index (κ2) is 7.27. The minimum atomic E-state index is -3.84. The maximum absolute atomic E-state index is 13.5. The second-order valence-electron chi connectivity index (χ2n) is 7.29. The molecule has 6 nitrogen and oxygen atoms in total. The zero-order chi connectivity index (χ0) is 20.8. The number of halogens is 1. The number of sulfonamides is 1. The molecule has 29 heavy (non-hydrogen) atoms. The van der Waals surface area contributed by atoms with Crippen molar-refractivity contribution in [2.24, 2.45) is 0 Å². The van der Waals surface area contributed by atoms with Gasteiger partial charge in [0.1, 0.15) is 5.82 Å². The van der Waals surface area contributed by atoms with E-state index in [9.17, 15) is 22.7 Å². The number of carboxylic acids is 1. The molecule has 0 saturated heterocycles. The van der Waals surface area contributed by atoms with Crippen LogP contribution in [0.1, 0.15) is 17.7 Å². The van der Waals surface area contributed by atoms with Gasteiger partial charge in [-0.15, -0.1) is 0 Å². The lowest BCUT2D eigenvalue weighted by molar-refractivity contribution is -0.136. The Morgan fingerprint density at radius 3 is 2.72 bits per heavy atom. The van der Waals surface area contributed by atoms with Crippen LogP contribution in [0.2, 0.25) is 0 Å². The highest BCUT2D eigenvalue weighted by molar-refractivity contribution is 7.89. The molecule has 1 aliphatic heterocycles. The number of likely N-dealkylation sites (N-methyl/N-ethyl adjacent to an activating group) is 1. The molecule has 1 N–H and O–H groups in total. The highest BCUT2D eigenvalue weighted by atomic mass is 32.2. The molecule has 0 bridgehead atoms. The molecule has 0 saturated carbocycles. The fourth-order valence-electron chi connectivity index (χ4n) is 4.16. The first-order valence-electron chi connectivity index (χ1n) is 9.33. The van der Waals surface area contributed by atoms with E-state index in [-0.39, 0.29) is 17.4 Å². The average molecular weight is 416 g/mol. The van der Waals surface area contributed by atoms with E-state index in [0.29, 0.717) is 19.4 Å². The van der Waals surface area contributed by atoms with Gasteiger partial charge in [0.05, 0.1) is 11.3 Å². The fourth-order valence-corrected chi connectivity index (χ4v) is 5.57. The largest absolute Gasteiger partial charge is 0.481 e. The Labute approximate surface area is 168 Å². The van der Waals surface area contributed by atoms with Gasteiger partial charge in [-0.2, -0.15) is 4.31 Å². The van der Waals surface area contributed by atoms with Crippen molar-refractivity contribution in [1.29, 1.82) is 0 Å². The van der Waals surface area contributed by atoms with E-state index in [1.54, 1.807) is 0 Å². The summed E-state index contributed by atoms with van der Waals surface area (Å²) in [6.07, 6.45) is 1.07. The third-order valence-electron chi connectivity index (χ3n) is 5.62. The Bertz CT molecular complexity index is 1200. The van der Waals surface area contributed by atoms with Crippen molar-refractivity contribution in [3.05, 3.63) is 65.6 Å². The predicted octanol–water partition coefficient (Wildman–Crippen LogP) is 3.04. The highest BCUT2D eigenvalue weighted by Crippen LogP contribution is 2.33. The van der Waals surface area contributed by atoms with Crippen LogP contribution in [-0.4, -0.2) is 41.5 Å². The van der Waals surface area contributed by atoms with Gasteiger partial charge in [0.25, 0.3) is 0 Å². The van der Waals surface area contributed by atoms with Gasteiger partial charge in [0, 0.05) is 36.2 Å². The molecule has 0 unspecified atom stereocenters. The summed E-state index contributed by atoms with van der Waals surface area (Å²) in [5.41, 5.74) is 2.64. The zero-order valence-corrected chi connectivity index (χ0v) is 16.7. The Balaban J connectivity index is 1.71. The third-order valence-corrected chi connectivity index (χ3v) is 7.52. The Kier molecular flexibility index (Phi) is 4.92. The van der Waals surface area contributed by atoms with Crippen molar-refractivity contribution in [2.75, 3.05) is 7.05 Å². The molecule has 1 aliphatic rings. The lowest BCUT2D eigenvalue weighted by Crippen LogP contribution is -2.42. The van der Waals surface area contributed by atoms with Gasteiger partial charge < -0.3 is 9.67 Å². The molecule has 1 atom stereocenters. The molecule has 0 spiro atoms. The normalized spacial score (nSPS) is 16.9. The SMILES string of the molecule is CN([C@@H]1CCc2c(CC(=O)O)c3ccccc3n2C1)S(=O)(=O)c1cccc(F)c1. The maximum Gasteiger partial charge on any atom is 0.307 e. The van der Waals surface area contributed by atoms with E-state index >= 15 is 0 Å². The molecule has 0 fully saturated rings. The van der Waals surface area contributed by atoms with Crippen LogP contribution < -0.4 is 0 Å². The standard InChI is InChI=1S/C21H21FN2O4S/c1-23(29(27,28)16-6-4-5-14(22)11-16)15-9-10-20-18(12-21(25)26)17-7-2-3-8-19(17)24(20)13-15/h2-8,11,15H,9-10,12-13H2,1H3,(H,25,26)/t15-/m1/s1. The van der Waals surface area contributed by atoms with Crippen LogP contribution >= 0.6 is 0 Å². The third kappa shape index (κ3) is 3.42. The summed E-state index contributed by atoms with van der Waals surface area (Å²) < 4.78 is 42.8. The monoisotopic (exact) mass is 416 g/mol. The number of rotatable bonds is 5. The molecular formula is C21H21FN2O4S. The van der Waals surface area contributed by atoms with Crippen LogP contribution in [0.5, 0.6) is 0 Å². The van der Waals surface area contributed by atoms with Gasteiger partial charge in [0.15, 0.2) is 0 Å². The Morgan fingerprint density at radius 1 is 1.24 bits per heavy atom. The number of carboxylic acid groups (broad SMARTS) is 1. The number of aliphatic carboxylic acids is 1. The Morgan fingerprint density at radius 2 is 2.00 bits per heavy atom. The zero-order valence-electron chi connectivity index (χ0n) is 15.9. The van der Waals surface area contributed by atoms with Gasteiger partial charge in [0.2, 0.25) is 10.0 Å². The van der Waals surface area contributed by atoms with E-state index in [2.05, 4.69) is 0 Å². The summed E-state index contributed by atoms with van der Waals surface area (Å²) in [5, 5.41) is 10.2. The molecule has 2 aromatic carbocycles. The number of para-hydroxylation sites is 1. The number of hydrogen-bond acceptors (Lipinski definition) is 3. The first-order chi connectivity index (χ1) is 13.8. The van der Waals surface area contributed by atoms with Crippen molar-refractivity contribution < 1.29 is 22.7 Å². The minimum Gasteiger partial charge on any atom is -0.481 e. The van der Waals surface area contributed by atoms with E-state index in [1.165, 1.54) is 29.6 Å². The number of fused-ring (bicyclic) bond motifs is 3. The topological polar surface area (TPSA) is 79.6 Å². The molecule has 0 amide bonds. The van der Waals surface area contributed by atoms with Gasteiger partial charge in [-0.25, -0.2) is 12.8 Å². The first kappa shape index (κ1) is 19.6. The lowest BCUT2D eigenvalue weighted by atomic mass is 10.0. The summed E-state index contributed by atoms with van der Waals surface area (Å²) in [6.45, 7) is 0.417. The molecule has 3 aromatic rings. The van der Waals surface area contributed by atoms with Crippen molar-refractivity contribution in [1.82, 2.24) is 8.87 Å². The molecule has 4 rings (SSSR count). The molecule has 152 valence electrons. The Hall–Kier alpha value is -2.71. The van der Waals surface area contributed by atoms with Crippen LogP contribution in [0, 0.1) is 5.82 Å². The lowest BCUT2D eigenvalue weighted by Gasteiger charge is -2.32. The van der Waals surface area contributed by atoms with Crippen LogP contribution in [0.25, 0.3) is 10.9 Å². The number of hydrogen-bond donors (Lipinski definition) is 1. The predicted molar refractivity (Wildman–Crippen MR) is 107 cm³/mol. The number of benzene rings is 2. The summed E-state index contributed by atoms with van der Waals surface area (Å²) in [5.74, 6) is -1.49. The molecule has 1 aromatic heterocycles. The van der Waals surface area contributed by atoms with Gasteiger partial charge in [-0.05, 0) is 42.7 Å². The van der Waals surface area contributed by atoms with E-state index < -0.39 is 21.8 Å². The number of nitrogens with zero attached hydrogens (tertiary/aromatic N) is 2. The summed E-state index contributed by atoms with van der Waals surface area (Å²) in [4.78, 5) is 11.3. The van der Waals surface area contributed by atoms with E-state index in [1.807, 2.05) is 28.8 Å². The minimum absolute atomic E-state index is 0.0645. The molecular weight excluding hydrogens is 395 g/mol. The van der Waals surface area contributed by atoms with E-state index in [4.69, 9.17) is 0 Å². The number of aromatic nitrogens is 1. The van der Waals surface area contributed by atoms with Gasteiger partial charge in [-0.3, -0.25) is 4.79 Å². The molecule has 8 heteroatoms. The van der Waals surface area contributed by atoms with Crippen LogP contribution in [0.3, 0.4) is 0 Å². The maximum atomic E-state index is 13.5.